The zero-order valence-electron chi connectivity index (χ0n) is 10.3. The highest BCUT2D eigenvalue weighted by Crippen LogP contribution is 2.30. The van der Waals surface area contributed by atoms with Crippen LogP contribution in [0.1, 0.15) is 10.4 Å². The van der Waals surface area contributed by atoms with E-state index in [0.717, 1.165) is 23.1 Å². The maximum Gasteiger partial charge on any atom is 0.313 e. The molecule has 110 valence electrons. The van der Waals surface area contributed by atoms with Gasteiger partial charge in [-0.1, -0.05) is 29.2 Å². The lowest BCUT2D eigenvalue weighted by molar-refractivity contribution is -0.133. The number of benzene rings is 1. The van der Waals surface area contributed by atoms with Crippen molar-refractivity contribution in [3.63, 3.8) is 0 Å². The number of para-hydroxylation sites is 1. The summed E-state index contributed by atoms with van der Waals surface area (Å²) in [6.07, 6.45) is 0. The summed E-state index contributed by atoms with van der Waals surface area (Å²) in [5.41, 5.74) is -0.107. The molecule has 1 heterocycles. The van der Waals surface area contributed by atoms with Gasteiger partial charge in [0.2, 0.25) is 5.13 Å². The monoisotopic (exact) mass is 327 g/mol. The molecule has 1 aromatic heterocycles. The molecule has 2 aromatic rings. The SMILES string of the molecule is O=C(O)CSc1nnc(NC(=O)c2cccc(O)c2O)s1. The van der Waals surface area contributed by atoms with Gasteiger partial charge in [0.25, 0.3) is 5.91 Å². The maximum atomic E-state index is 11.9. The highest BCUT2D eigenvalue weighted by atomic mass is 32.2. The van der Waals surface area contributed by atoms with E-state index in [1.165, 1.54) is 18.2 Å². The summed E-state index contributed by atoms with van der Waals surface area (Å²) < 4.78 is 0.396. The smallest absolute Gasteiger partial charge is 0.313 e. The first kappa shape index (κ1) is 15.1. The molecule has 4 N–H and O–H groups in total. The number of hydrogen-bond acceptors (Lipinski definition) is 8. The van der Waals surface area contributed by atoms with Crippen molar-refractivity contribution in [1.82, 2.24) is 10.2 Å². The predicted octanol–water partition coefficient (Wildman–Crippen LogP) is 1.38. The van der Waals surface area contributed by atoms with E-state index in [0.29, 0.717) is 4.34 Å². The molecule has 0 spiro atoms. The van der Waals surface area contributed by atoms with Crippen molar-refractivity contribution in [2.45, 2.75) is 4.34 Å². The summed E-state index contributed by atoms with van der Waals surface area (Å²) in [6.45, 7) is 0. The molecule has 0 radical (unpaired) electrons. The van der Waals surface area contributed by atoms with Gasteiger partial charge in [-0.15, -0.1) is 10.2 Å². The van der Waals surface area contributed by atoms with Gasteiger partial charge in [-0.25, -0.2) is 0 Å². The number of nitrogens with zero attached hydrogens (tertiary/aromatic N) is 2. The Balaban J connectivity index is 2.06. The zero-order chi connectivity index (χ0) is 15.4. The quantitative estimate of drug-likeness (QED) is 0.368. The molecule has 0 bridgehead atoms. The molecular weight excluding hydrogens is 318 g/mol. The number of aromatic hydroxyl groups is 2. The van der Waals surface area contributed by atoms with Gasteiger partial charge in [0.15, 0.2) is 15.8 Å². The number of nitrogens with one attached hydrogen (secondary N) is 1. The van der Waals surface area contributed by atoms with Crippen LogP contribution in [-0.2, 0) is 4.79 Å². The van der Waals surface area contributed by atoms with E-state index in [4.69, 9.17) is 5.11 Å². The van der Waals surface area contributed by atoms with Crippen molar-refractivity contribution < 1.29 is 24.9 Å². The Hall–Kier alpha value is -2.33. The van der Waals surface area contributed by atoms with Crippen LogP contribution in [0.15, 0.2) is 22.5 Å². The Bertz CT molecular complexity index is 688. The molecule has 0 atom stereocenters. The van der Waals surface area contributed by atoms with E-state index < -0.39 is 23.4 Å². The molecule has 0 aliphatic carbocycles. The van der Waals surface area contributed by atoms with Crippen molar-refractivity contribution in [3.8, 4) is 11.5 Å². The fraction of sp³-hybridized carbons (Fsp3) is 0.0909. The van der Waals surface area contributed by atoms with E-state index >= 15 is 0 Å². The molecule has 0 fully saturated rings. The number of thioether (sulfide) groups is 1. The Kier molecular flexibility index (Phi) is 4.60. The number of carbonyl (C=O) groups is 2. The molecule has 1 aromatic carbocycles. The first-order chi connectivity index (χ1) is 9.97. The van der Waals surface area contributed by atoms with Crippen LogP contribution < -0.4 is 5.32 Å². The van der Waals surface area contributed by atoms with Crippen LogP contribution in [0.4, 0.5) is 5.13 Å². The summed E-state index contributed by atoms with van der Waals surface area (Å²) in [7, 11) is 0. The highest BCUT2D eigenvalue weighted by molar-refractivity contribution is 8.01. The van der Waals surface area contributed by atoms with Crippen molar-refractivity contribution in [2.24, 2.45) is 0 Å². The third kappa shape index (κ3) is 3.83. The Morgan fingerprint density at radius 2 is 2.05 bits per heavy atom. The summed E-state index contributed by atoms with van der Waals surface area (Å²) in [5.74, 6) is -2.73. The molecule has 10 heteroatoms. The van der Waals surface area contributed by atoms with Gasteiger partial charge in [0.1, 0.15) is 0 Å². The lowest BCUT2D eigenvalue weighted by Gasteiger charge is -2.04. The minimum Gasteiger partial charge on any atom is -0.504 e. The second-order valence-electron chi connectivity index (χ2n) is 3.68. The molecule has 1 amide bonds. The molecule has 0 saturated carbocycles. The minimum atomic E-state index is -0.981. The lowest BCUT2D eigenvalue weighted by Crippen LogP contribution is -2.11. The van der Waals surface area contributed by atoms with Crippen LogP contribution in [0.25, 0.3) is 0 Å². The number of carboxylic acids is 1. The summed E-state index contributed by atoms with van der Waals surface area (Å²) >= 11 is 1.99. The number of aliphatic carboxylic acids is 1. The van der Waals surface area contributed by atoms with Gasteiger partial charge in [0.05, 0.1) is 11.3 Å². The van der Waals surface area contributed by atoms with Gasteiger partial charge in [-0.05, 0) is 12.1 Å². The van der Waals surface area contributed by atoms with Crippen LogP contribution in [0.2, 0.25) is 0 Å². The Morgan fingerprint density at radius 1 is 1.29 bits per heavy atom. The van der Waals surface area contributed by atoms with Crippen LogP contribution in [0.3, 0.4) is 0 Å². The molecule has 0 aliphatic rings. The van der Waals surface area contributed by atoms with Gasteiger partial charge >= 0.3 is 5.97 Å². The number of carboxylic acid groups (broad SMARTS) is 1. The average molecular weight is 327 g/mol. The summed E-state index contributed by atoms with van der Waals surface area (Å²) in [6, 6.07) is 4.00. The second-order valence-corrected chi connectivity index (χ2v) is 5.88. The third-order valence-corrected chi connectivity index (χ3v) is 4.16. The molecular formula is C11H9N3O5S2. The third-order valence-electron chi connectivity index (χ3n) is 2.21. The molecule has 0 aliphatic heterocycles. The minimum absolute atomic E-state index is 0.107. The normalized spacial score (nSPS) is 10.3. The highest BCUT2D eigenvalue weighted by Gasteiger charge is 2.16. The Labute approximate surface area is 126 Å². The van der Waals surface area contributed by atoms with Crippen molar-refractivity contribution in [2.75, 3.05) is 11.1 Å². The van der Waals surface area contributed by atoms with Crippen LogP contribution in [-0.4, -0.2) is 43.1 Å². The fourth-order valence-corrected chi connectivity index (χ4v) is 2.79. The van der Waals surface area contributed by atoms with E-state index in [2.05, 4.69) is 15.5 Å². The molecule has 8 nitrogen and oxygen atoms in total. The van der Waals surface area contributed by atoms with E-state index in [1.807, 2.05) is 0 Å². The van der Waals surface area contributed by atoms with Crippen molar-refractivity contribution >= 4 is 40.1 Å². The fourth-order valence-electron chi connectivity index (χ4n) is 1.32. The number of aromatic nitrogens is 2. The van der Waals surface area contributed by atoms with Gasteiger partial charge < -0.3 is 15.3 Å². The standard InChI is InChI=1S/C11H9N3O5S2/c15-6-3-1-2-5(8(6)18)9(19)12-10-13-14-11(21-10)20-4-7(16)17/h1-3,15,18H,4H2,(H,16,17)(H,12,13,19). The largest absolute Gasteiger partial charge is 0.504 e. The first-order valence-corrected chi connectivity index (χ1v) is 7.28. The van der Waals surface area contributed by atoms with E-state index in [-0.39, 0.29) is 16.4 Å². The van der Waals surface area contributed by atoms with Crippen LogP contribution >= 0.6 is 23.1 Å². The molecule has 0 unspecified atom stereocenters. The molecule has 2 rings (SSSR count). The average Bonchev–Trinajstić information content (AvgIpc) is 2.87. The predicted molar refractivity (Wildman–Crippen MR) is 76.0 cm³/mol. The van der Waals surface area contributed by atoms with Crippen LogP contribution in [0, 0.1) is 0 Å². The number of carbonyl (C=O) groups excluding carboxylic acids is 1. The topological polar surface area (TPSA) is 133 Å². The molecule has 0 saturated heterocycles. The van der Waals surface area contributed by atoms with Gasteiger partial charge in [0, 0.05) is 0 Å². The number of phenols is 2. The first-order valence-electron chi connectivity index (χ1n) is 5.47. The number of amides is 1. The number of rotatable bonds is 5. The number of anilines is 1. The van der Waals surface area contributed by atoms with E-state index in [1.54, 1.807) is 0 Å². The van der Waals surface area contributed by atoms with Gasteiger partial charge in [-0.3, -0.25) is 14.9 Å². The number of phenolic OH excluding ortho intramolecular Hbond substituents is 2. The zero-order valence-corrected chi connectivity index (χ0v) is 11.9. The van der Waals surface area contributed by atoms with Crippen LogP contribution in [0.5, 0.6) is 11.5 Å². The Morgan fingerprint density at radius 3 is 2.76 bits per heavy atom. The molecule has 21 heavy (non-hydrogen) atoms. The second kappa shape index (κ2) is 6.41. The maximum absolute atomic E-state index is 11.9. The van der Waals surface area contributed by atoms with Crippen molar-refractivity contribution in [1.29, 1.82) is 0 Å². The van der Waals surface area contributed by atoms with Gasteiger partial charge in [-0.2, -0.15) is 0 Å². The van der Waals surface area contributed by atoms with E-state index in [9.17, 15) is 19.8 Å². The summed E-state index contributed by atoms with van der Waals surface area (Å²) in [4.78, 5) is 22.3. The lowest BCUT2D eigenvalue weighted by atomic mass is 10.2. The summed E-state index contributed by atoms with van der Waals surface area (Å²) in [5, 5.41) is 37.4. The van der Waals surface area contributed by atoms with Crippen molar-refractivity contribution in [3.05, 3.63) is 23.8 Å². The number of hydrogen-bond donors (Lipinski definition) is 4.